The van der Waals surface area contributed by atoms with Gasteiger partial charge in [0.15, 0.2) is 0 Å². The van der Waals surface area contributed by atoms with Gasteiger partial charge >= 0.3 is 0 Å². The Balaban J connectivity index is 2.08. The van der Waals surface area contributed by atoms with Crippen LogP contribution in [0.4, 0.5) is 0 Å². The number of benzene rings is 2. The van der Waals surface area contributed by atoms with Crippen molar-refractivity contribution in [2.45, 2.75) is 39.3 Å². The maximum Gasteiger partial charge on any atom is 0.295 e. The highest BCUT2D eigenvalue weighted by molar-refractivity contribution is 6.46. The van der Waals surface area contributed by atoms with Gasteiger partial charge in [0.25, 0.3) is 11.7 Å². The number of amides is 1. The fraction of sp³-hybridized carbons (Fsp3) is 0.385. The molecule has 1 amide bonds. The second-order valence-corrected chi connectivity index (χ2v) is 8.06. The summed E-state index contributed by atoms with van der Waals surface area (Å²) >= 11 is 0. The van der Waals surface area contributed by atoms with Gasteiger partial charge in [0.2, 0.25) is 0 Å². The van der Waals surface area contributed by atoms with Crippen molar-refractivity contribution in [3.8, 4) is 11.5 Å². The molecular weight excluding hydrogens is 422 g/mol. The molecule has 1 saturated heterocycles. The molecule has 1 aliphatic rings. The number of hydrogen-bond donors (Lipinski definition) is 1. The summed E-state index contributed by atoms with van der Waals surface area (Å²) in [6, 6.07) is 13.3. The average molecular weight is 454 g/mol. The molecule has 0 aromatic heterocycles. The third-order valence-electron chi connectivity index (χ3n) is 5.31. The second-order valence-electron chi connectivity index (χ2n) is 8.06. The van der Waals surface area contributed by atoms with Gasteiger partial charge < -0.3 is 24.2 Å². The minimum absolute atomic E-state index is 0.0112. The van der Waals surface area contributed by atoms with Gasteiger partial charge in [-0.1, -0.05) is 31.2 Å². The topological polar surface area (TPSA) is 85.3 Å². The molecule has 3 rings (SSSR count). The van der Waals surface area contributed by atoms with E-state index in [1.54, 1.807) is 49.6 Å². The predicted octanol–water partition coefficient (Wildman–Crippen LogP) is 4.33. The second kappa shape index (κ2) is 11.0. The number of hydrogen-bond acceptors (Lipinski definition) is 6. The minimum atomic E-state index is -0.768. The molecule has 0 spiro atoms. The Labute approximate surface area is 194 Å². The summed E-state index contributed by atoms with van der Waals surface area (Å²) in [5.41, 5.74) is 1.11. The Morgan fingerprint density at radius 2 is 1.79 bits per heavy atom. The Morgan fingerprint density at radius 1 is 1.06 bits per heavy atom. The number of nitrogens with zero attached hydrogens (tertiary/aromatic N) is 1. The van der Waals surface area contributed by atoms with Gasteiger partial charge in [0.05, 0.1) is 38.0 Å². The number of carbonyl (C=O) groups excluding carboxylic acids is 2. The molecule has 2 aromatic carbocycles. The lowest BCUT2D eigenvalue weighted by Gasteiger charge is -2.26. The number of ether oxygens (including phenoxy) is 3. The van der Waals surface area contributed by atoms with E-state index in [-0.39, 0.29) is 30.6 Å². The molecule has 0 aliphatic carbocycles. The first-order chi connectivity index (χ1) is 15.9. The first-order valence-corrected chi connectivity index (χ1v) is 11.1. The van der Waals surface area contributed by atoms with E-state index in [0.29, 0.717) is 29.2 Å². The molecule has 0 saturated carbocycles. The van der Waals surface area contributed by atoms with E-state index in [4.69, 9.17) is 14.2 Å². The zero-order valence-electron chi connectivity index (χ0n) is 19.5. The molecule has 0 radical (unpaired) electrons. The highest BCUT2D eigenvalue weighted by Gasteiger charge is 2.46. The molecular formula is C26H31NO6. The molecule has 176 valence electrons. The Bertz CT molecular complexity index is 1030. The number of ketones is 1. The molecule has 0 bridgehead atoms. The van der Waals surface area contributed by atoms with Crippen LogP contribution >= 0.6 is 0 Å². The third kappa shape index (κ3) is 5.54. The highest BCUT2D eigenvalue weighted by atomic mass is 16.5. The molecule has 1 heterocycles. The van der Waals surface area contributed by atoms with Crippen LogP contribution in [0.25, 0.3) is 5.76 Å². The Hall–Kier alpha value is -3.32. The van der Waals surface area contributed by atoms with Crippen LogP contribution in [-0.2, 0) is 14.3 Å². The molecule has 7 nitrogen and oxygen atoms in total. The van der Waals surface area contributed by atoms with Crippen LogP contribution in [0.3, 0.4) is 0 Å². The number of likely N-dealkylation sites (tertiary alicyclic amines) is 1. The molecule has 1 unspecified atom stereocenters. The van der Waals surface area contributed by atoms with Gasteiger partial charge in [0.1, 0.15) is 17.3 Å². The van der Waals surface area contributed by atoms with Gasteiger partial charge in [-0.25, -0.2) is 0 Å². The standard InChI is InChI=1S/C26H31NO6/c1-5-13-33-21-11-7-9-19(16-21)24(28)22-23(18-8-6-10-20(15-18)31-4)27(26(30)25(22)29)12-14-32-17(2)3/h6-11,15-17,23,28H,5,12-14H2,1-4H3/b24-22-. The van der Waals surface area contributed by atoms with Crippen molar-refractivity contribution in [1.82, 2.24) is 4.90 Å². The van der Waals surface area contributed by atoms with E-state index in [1.807, 2.05) is 26.8 Å². The van der Waals surface area contributed by atoms with Crippen LogP contribution in [-0.4, -0.2) is 54.7 Å². The summed E-state index contributed by atoms with van der Waals surface area (Å²) < 4.78 is 16.6. The number of rotatable bonds is 10. The quantitative estimate of drug-likeness (QED) is 0.327. The number of aliphatic hydroxyl groups excluding tert-OH is 1. The monoisotopic (exact) mass is 453 g/mol. The predicted molar refractivity (Wildman–Crippen MR) is 125 cm³/mol. The SMILES string of the molecule is CCCOc1cccc(/C(O)=C2/C(=O)C(=O)N(CCOC(C)C)C2c2cccc(OC)c2)c1. The van der Waals surface area contributed by atoms with Gasteiger partial charge in [-0.05, 0) is 50.1 Å². The molecule has 1 atom stereocenters. The van der Waals surface area contributed by atoms with Crippen molar-refractivity contribution >= 4 is 17.4 Å². The summed E-state index contributed by atoms with van der Waals surface area (Å²) in [5, 5.41) is 11.2. The van der Waals surface area contributed by atoms with Crippen LogP contribution in [0.5, 0.6) is 11.5 Å². The largest absolute Gasteiger partial charge is 0.507 e. The molecule has 2 aromatic rings. The lowest BCUT2D eigenvalue weighted by Crippen LogP contribution is -2.33. The van der Waals surface area contributed by atoms with E-state index >= 15 is 0 Å². The van der Waals surface area contributed by atoms with Crippen LogP contribution in [0.2, 0.25) is 0 Å². The number of methoxy groups -OCH3 is 1. The van der Waals surface area contributed by atoms with Gasteiger partial charge in [-0.15, -0.1) is 0 Å². The maximum atomic E-state index is 13.1. The van der Waals surface area contributed by atoms with Gasteiger partial charge in [0, 0.05) is 12.1 Å². The van der Waals surface area contributed by atoms with Crippen LogP contribution in [0.1, 0.15) is 44.4 Å². The van der Waals surface area contributed by atoms with Crippen molar-refractivity contribution < 1.29 is 28.9 Å². The summed E-state index contributed by atoms with van der Waals surface area (Å²) in [7, 11) is 1.55. The summed E-state index contributed by atoms with van der Waals surface area (Å²) in [6.45, 7) is 6.83. The van der Waals surface area contributed by atoms with Crippen molar-refractivity contribution in [2.24, 2.45) is 0 Å². The lowest BCUT2D eigenvalue weighted by molar-refractivity contribution is -0.140. The Morgan fingerprint density at radius 3 is 2.48 bits per heavy atom. The fourth-order valence-electron chi connectivity index (χ4n) is 3.76. The molecule has 1 fully saturated rings. The van der Waals surface area contributed by atoms with Gasteiger partial charge in [-0.3, -0.25) is 9.59 Å². The van der Waals surface area contributed by atoms with E-state index in [9.17, 15) is 14.7 Å². The summed E-state index contributed by atoms with van der Waals surface area (Å²) in [5.74, 6) is -0.472. The first-order valence-electron chi connectivity index (χ1n) is 11.1. The molecule has 1 N–H and O–H groups in total. The van der Waals surface area contributed by atoms with Gasteiger partial charge in [-0.2, -0.15) is 0 Å². The average Bonchev–Trinajstić information content (AvgIpc) is 3.07. The number of Topliss-reactive ketones (excluding diaryl/α,β-unsaturated/α-hetero) is 1. The van der Waals surface area contributed by atoms with Crippen molar-refractivity contribution in [3.63, 3.8) is 0 Å². The summed E-state index contributed by atoms with van der Waals surface area (Å²) in [6.07, 6.45) is 0.832. The summed E-state index contributed by atoms with van der Waals surface area (Å²) in [4.78, 5) is 27.6. The zero-order chi connectivity index (χ0) is 24.0. The maximum absolute atomic E-state index is 13.1. The van der Waals surface area contributed by atoms with E-state index in [1.165, 1.54) is 4.90 Å². The molecule has 1 aliphatic heterocycles. The van der Waals surface area contributed by atoms with Crippen LogP contribution in [0.15, 0.2) is 54.1 Å². The lowest BCUT2D eigenvalue weighted by atomic mass is 9.95. The molecule has 7 heteroatoms. The Kier molecular flexibility index (Phi) is 8.11. The van der Waals surface area contributed by atoms with E-state index in [2.05, 4.69) is 0 Å². The van der Waals surface area contributed by atoms with E-state index < -0.39 is 17.7 Å². The third-order valence-corrected chi connectivity index (χ3v) is 5.31. The van der Waals surface area contributed by atoms with Crippen molar-refractivity contribution in [3.05, 3.63) is 65.2 Å². The fourth-order valence-corrected chi connectivity index (χ4v) is 3.76. The van der Waals surface area contributed by atoms with Crippen LogP contribution in [0, 0.1) is 0 Å². The normalized spacial score (nSPS) is 17.6. The van der Waals surface area contributed by atoms with Crippen LogP contribution < -0.4 is 9.47 Å². The highest BCUT2D eigenvalue weighted by Crippen LogP contribution is 2.40. The zero-order valence-corrected chi connectivity index (χ0v) is 19.5. The van der Waals surface area contributed by atoms with E-state index in [0.717, 1.165) is 6.42 Å². The van der Waals surface area contributed by atoms with Crippen molar-refractivity contribution in [2.75, 3.05) is 26.9 Å². The number of carbonyl (C=O) groups is 2. The molecule has 33 heavy (non-hydrogen) atoms. The minimum Gasteiger partial charge on any atom is -0.507 e. The first kappa shape index (κ1) is 24.3. The van der Waals surface area contributed by atoms with Crippen molar-refractivity contribution in [1.29, 1.82) is 0 Å². The smallest absolute Gasteiger partial charge is 0.295 e. The number of aliphatic hydroxyl groups is 1.